The second-order valence-corrected chi connectivity index (χ2v) is 5.60. The van der Waals surface area contributed by atoms with Crippen LogP contribution in [-0.2, 0) is 0 Å². The molecule has 2 aromatic rings. The summed E-state index contributed by atoms with van der Waals surface area (Å²) in [6, 6.07) is 11.2. The first-order chi connectivity index (χ1) is 10.6. The van der Waals surface area contributed by atoms with E-state index in [-0.39, 0.29) is 5.91 Å². The monoisotopic (exact) mass is 298 g/mol. The SMILES string of the molecule is CC(C)CCNc1cc(C(=O)N(C)c2ccccc2)ncn1. The lowest BCUT2D eigenvalue weighted by atomic mass is 10.1. The predicted molar refractivity (Wildman–Crippen MR) is 89.2 cm³/mol. The smallest absolute Gasteiger partial charge is 0.276 e. The summed E-state index contributed by atoms with van der Waals surface area (Å²) in [7, 11) is 1.74. The van der Waals surface area contributed by atoms with Crippen LogP contribution in [0.25, 0.3) is 0 Å². The van der Waals surface area contributed by atoms with Gasteiger partial charge in [0.2, 0.25) is 0 Å². The number of carbonyl (C=O) groups excluding carboxylic acids is 1. The topological polar surface area (TPSA) is 58.1 Å². The van der Waals surface area contributed by atoms with Crippen molar-refractivity contribution in [2.24, 2.45) is 5.92 Å². The minimum atomic E-state index is -0.152. The number of hydrogen-bond donors (Lipinski definition) is 1. The molecule has 0 saturated carbocycles. The van der Waals surface area contributed by atoms with E-state index in [1.807, 2.05) is 30.3 Å². The summed E-state index contributed by atoms with van der Waals surface area (Å²) >= 11 is 0. The Balaban J connectivity index is 2.07. The second-order valence-electron chi connectivity index (χ2n) is 5.60. The van der Waals surface area contributed by atoms with E-state index in [9.17, 15) is 4.79 Å². The molecule has 0 saturated heterocycles. The first-order valence-corrected chi connectivity index (χ1v) is 7.47. The summed E-state index contributed by atoms with van der Waals surface area (Å²) in [5.41, 5.74) is 1.22. The van der Waals surface area contributed by atoms with Crippen molar-refractivity contribution in [2.75, 3.05) is 23.8 Å². The first kappa shape index (κ1) is 15.9. The van der Waals surface area contributed by atoms with Gasteiger partial charge in [0, 0.05) is 25.3 Å². The molecule has 0 atom stereocenters. The summed E-state index contributed by atoms with van der Waals surface area (Å²) in [5.74, 6) is 1.15. The van der Waals surface area contributed by atoms with E-state index in [0.29, 0.717) is 17.4 Å². The molecule has 0 aliphatic carbocycles. The third-order valence-corrected chi connectivity index (χ3v) is 3.36. The van der Waals surface area contributed by atoms with Crippen LogP contribution in [0.3, 0.4) is 0 Å². The summed E-state index contributed by atoms with van der Waals surface area (Å²) in [6.45, 7) is 5.17. The zero-order chi connectivity index (χ0) is 15.9. The lowest BCUT2D eigenvalue weighted by molar-refractivity contribution is 0.0988. The largest absolute Gasteiger partial charge is 0.370 e. The molecular formula is C17H22N4O. The number of amides is 1. The summed E-state index contributed by atoms with van der Waals surface area (Å²) in [4.78, 5) is 22.3. The standard InChI is InChI=1S/C17H22N4O/c1-13(2)9-10-18-16-11-15(19-12-20-16)17(22)21(3)14-7-5-4-6-8-14/h4-8,11-13H,9-10H2,1-3H3,(H,18,19,20). The van der Waals surface area contributed by atoms with Gasteiger partial charge in [0.25, 0.3) is 5.91 Å². The molecule has 0 radical (unpaired) electrons. The van der Waals surface area contributed by atoms with Crippen molar-refractivity contribution < 1.29 is 4.79 Å². The number of aromatic nitrogens is 2. The van der Waals surface area contributed by atoms with Crippen LogP contribution in [0.5, 0.6) is 0 Å². The molecule has 22 heavy (non-hydrogen) atoms. The molecule has 0 aliphatic heterocycles. The average molecular weight is 298 g/mol. The quantitative estimate of drug-likeness (QED) is 0.889. The lowest BCUT2D eigenvalue weighted by Gasteiger charge is -2.17. The normalized spacial score (nSPS) is 10.5. The van der Waals surface area contributed by atoms with Crippen molar-refractivity contribution in [1.82, 2.24) is 9.97 Å². The zero-order valence-corrected chi connectivity index (χ0v) is 13.3. The molecule has 1 aromatic heterocycles. The number of carbonyl (C=O) groups is 1. The molecule has 1 amide bonds. The number of anilines is 2. The van der Waals surface area contributed by atoms with Crippen LogP contribution in [0.1, 0.15) is 30.8 Å². The van der Waals surface area contributed by atoms with Crippen molar-refractivity contribution in [3.63, 3.8) is 0 Å². The minimum Gasteiger partial charge on any atom is -0.370 e. The third kappa shape index (κ3) is 4.28. The minimum absolute atomic E-state index is 0.152. The maximum absolute atomic E-state index is 12.5. The molecule has 1 N–H and O–H groups in total. The van der Waals surface area contributed by atoms with Crippen molar-refractivity contribution >= 4 is 17.4 Å². The van der Waals surface area contributed by atoms with Gasteiger partial charge in [-0.1, -0.05) is 32.0 Å². The Morgan fingerprint density at radius 2 is 1.95 bits per heavy atom. The Morgan fingerprint density at radius 1 is 1.23 bits per heavy atom. The molecule has 0 bridgehead atoms. The number of hydrogen-bond acceptors (Lipinski definition) is 4. The summed E-state index contributed by atoms with van der Waals surface area (Å²) in [5, 5.41) is 3.23. The lowest BCUT2D eigenvalue weighted by Crippen LogP contribution is -2.27. The molecule has 2 rings (SSSR count). The van der Waals surface area contributed by atoms with Gasteiger partial charge in [-0.15, -0.1) is 0 Å². The van der Waals surface area contributed by atoms with Crippen LogP contribution in [0.4, 0.5) is 11.5 Å². The molecule has 0 fully saturated rings. The van der Waals surface area contributed by atoms with E-state index < -0.39 is 0 Å². The fourth-order valence-corrected chi connectivity index (χ4v) is 2.00. The predicted octanol–water partition coefficient (Wildman–Crippen LogP) is 3.21. The summed E-state index contributed by atoms with van der Waals surface area (Å²) < 4.78 is 0. The first-order valence-electron chi connectivity index (χ1n) is 7.47. The molecule has 0 aliphatic rings. The number of nitrogens with one attached hydrogen (secondary N) is 1. The number of nitrogens with zero attached hydrogens (tertiary/aromatic N) is 3. The van der Waals surface area contributed by atoms with Crippen LogP contribution >= 0.6 is 0 Å². The van der Waals surface area contributed by atoms with Crippen LogP contribution < -0.4 is 10.2 Å². The molecule has 1 aromatic carbocycles. The van der Waals surface area contributed by atoms with Crippen LogP contribution in [0, 0.1) is 5.92 Å². The van der Waals surface area contributed by atoms with Crippen molar-refractivity contribution in [1.29, 1.82) is 0 Å². The van der Waals surface area contributed by atoms with Gasteiger partial charge in [0.1, 0.15) is 17.8 Å². The van der Waals surface area contributed by atoms with Gasteiger partial charge >= 0.3 is 0 Å². The van der Waals surface area contributed by atoms with Gasteiger partial charge < -0.3 is 10.2 Å². The molecule has 5 heteroatoms. The van der Waals surface area contributed by atoms with Gasteiger partial charge in [0.05, 0.1) is 0 Å². The molecule has 116 valence electrons. The Kier molecular flexibility index (Phi) is 5.47. The highest BCUT2D eigenvalue weighted by Crippen LogP contribution is 2.15. The van der Waals surface area contributed by atoms with E-state index in [1.165, 1.54) is 6.33 Å². The highest BCUT2D eigenvalue weighted by molar-refractivity contribution is 6.04. The molecular weight excluding hydrogens is 276 g/mol. The van der Waals surface area contributed by atoms with E-state index in [1.54, 1.807) is 18.0 Å². The van der Waals surface area contributed by atoms with Gasteiger partial charge in [-0.05, 0) is 24.5 Å². The van der Waals surface area contributed by atoms with Crippen LogP contribution in [0.15, 0.2) is 42.7 Å². The number of benzene rings is 1. The van der Waals surface area contributed by atoms with E-state index >= 15 is 0 Å². The Labute approximate surface area is 131 Å². The maximum Gasteiger partial charge on any atom is 0.276 e. The summed E-state index contributed by atoms with van der Waals surface area (Å²) in [6.07, 6.45) is 2.47. The Bertz CT molecular complexity index is 613. The van der Waals surface area contributed by atoms with Gasteiger partial charge in [0.15, 0.2) is 0 Å². The number of para-hydroxylation sites is 1. The van der Waals surface area contributed by atoms with Crippen molar-refractivity contribution in [2.45, 2.75) is 20.3 Å². The Morgan fingerprint density at radius 3 is 2.64 bits per heavy atom. The fraction of sp³-hybridized carbons (Fsp3) is 0.353. The fourth-order valence-electron chi connectivity index (χ4n) is 2.00. The van der Waals surface area contributed by atoms with Crippen molar-refractivity contribution in [3.05, 3.63) is 48.4 Å². The number of rotatable bonds is 6. The Hall–Kier alpha value is -2.43. The molecule has 1 heterocycles. The third-order valence-electron chi connectivity index (χ3n) is 3.36. The highest BCUT2D eigenvalue weighted by Gasteiger charge is 2.15. The molecule has 0 unspecified atom stereocenters. The van der Waals surface area contributed by atoms with Crippen LogP contribution in [-0.4, -0.2) is 29.5 Å². The average Bonchev–Trinajstić information content (AvgIpc) is 2.54. The van der Waals surface area contributed by atoms with Gasteiger partial charge in [-0.2, -0.15) is 0 Å². The van der Waals surface area contributed by atoms with Crippen LogP contribution in [0.2, 0.25) is 0 Å². The van der Waals surface area contributed by atoms with Gasteiger partial charge in [-0.25, -0.2) is 9.97 Å². The second kappa shape index (κ2) is 7.54. The zero-order valence-electron chi connectivity index (χ0n) is 13.3. The van der Waals surface area contributed by atoms with E-state index in [4.69, 9.17) is 0 Å². The molecule has 5 nitrogen and oxygen atoms in total. The van der Waals surface area contributed by atoms with Crippen molar-refractivity contribution in [3.8, 4) is 0 Å². The highest BCUT2D eigenvalue weighted by atomic mass is 16.2. The maximum atomic E-state index is 12.5. The van der Waals surface area contributed by atoms with E-state index in [2.05, 4.69) is 29.1 Å². The molecule has 0 spiro atoms. The van der Waals surface area contributed by atoms with E-state index in [0.717, 1.165) is 18.7 Å². The van der Waals surface area contributed by atoms with Gasteiger partial charge in [-0.3, -0.25) is 4.79 Å².